The third kappa shape index (κ3) is 3.53. The summed E-state index contributed by atoms with van der Waals surface area (Å²) in [7, 11) is 1.70. The summed E-state index contributed by atoms with van der Waals surface area (Å²) >= 11 is 0. The zero-order valence-corrected chi connectivity index (χ0v) is 16.9. The Kier molecular flexibility index (Phi) is 5.68. The van der Waals surface area contributed by atoms with Crippen molar-refractivity contribution in [3.63, 3.8) is 0 Å². The summed E-state index contributed by atoms with van der Waals surface area (Å²) in [6.45, 7) is 1.75. The molecular formula is C21H26N4O5. The van der Waals surface area contributed by atoms with Crippen LogP contribution in [0.5, 0.6) is 0 Å². The Hall–Kier alpha value is -2.62. The first-order valence-electron chi connectivity index (χ1n) is 10.2. The van der Waals surface area contributed by atoms with Gasteiger partial charge < -0.3 is 10.5 Å². The zero-order valence-electron chi connectivity index (χ0n) is 16.9. The third-order valence-corrected chi connectivity index (χ3v) is 6.32. The van der Waals surface area contributed by atoms with E-state index in [1.807, 2.05) is 6.07 Å². The van der Waals surface area contributed by atoms with Gasteiger partial charge in [0.15, 0.2) is 0 Å². The maximum Gasteiger partial charge on any atom is 0.262 e. The maximum atomic E-state index is 13.2. The van der Waals surface area contributed by atoms with Crippen LogP contribution in [0.15, 0.2) is 18.2 Å². The predicted octanol–water partition coefficient (Wildman–Crippen LogP) is 0.0259. The van der Waals surface area contributed by atoms with E-state index < -0.39 is 23.8 Å². The number of nitrogens with two attached hydrogens (primary N) is 1. The summed E-state index contributed by atoms with van der Waals surface area (Å²) in [6, 6.07) is 4.37. The number of nitrogens with zero attached hydrogens (tertiary/aromatic N) is 2. The fraction of sp³-hybridized carbons (Fsp3) is 0.524. The van der Waals surface area contributed by atoms with Gasteiger partial charge in [0.25, 0.3) is 11.8 Å². The molecule has 0 aliphatic carbocycles. The topological polar surface area (TPSA) is 122 Å². The van der Waals surface area contributed by atoms with Crippen molar-refractivity contribution >= 4 is 23.6 Å². The number of piperidine rings is 2. The Morgan fingerprint density at radius 2 is 1.97 bits per heavy atom. The molecule has 1 unspecified atom stereocenters. The van der Waals surface area contributed by atoms with Gasteiger partial charge in [-0.25, -0.2) is 0 Å². The second-order valence-electron chi connectivity index (χ2n) is 8.03. The van der Waals surface area contributed by atoms with Crippen molar-refractivity contribution in [1.29, 1.82) is 0 Å². The number of imide groups is 2. The van der Waals surface area contributed by atoms with E-state index in [-0.39, 0.29) is 30.9 Å². The standard InChI is InChI=1S/C21H26N4O5/c1-30-14-7-8-24(13(9-14)10-22)11-12-3-2-4-15-18(12)21(29)25(20(15)28)16-5-6-17(26)23-19(16)27/h2-4,13-14,16H,5-11,22H2,1H3,(H,23,26,27)/t13-,14+,16?/m0/s1. The average Bonchev–Trinajstić information content (AvgIpc) is 3.00. The van der Waals surface area contributed by atoms with E-state index in [0.29, 0.717) is 24.2 Å². The molecular weight excluding hydrogens is 388 g/mol. The van der Waals surface area contributed by atoms with Crippen molar-refractivity contribution < 1.29 is 23.9 Å². The van der Waals surface area contributed by atoms with Crippen molar-refractivity contribution in [1.82, 2.24) is 15.1 Å². The molecule has 3 atom stereocenters. The first-order chi connectivity index (χ1) is 14.4. The largest absolute Gasteiger partial charge is 0.381 e. The molecule has 0 saturated carbocycles. The number of benzene rings is 1. The molecule has 3 aliphatic heterocycles. The second-order valence-corrected chi connectivity index (χ2v) is 8.03. The van der Waals surface area contributed by atoms with Gasteiger partial charge in [0.1, 0.15) is 6.04 Å². The molecule has 1 aromatic rings. The molecule has 4 rings (SSSR count). The minimum absolute atomic E-state index is 0.100. The third-order valence-electron chi connectivity index (χ3n) is 6.32. The summed E-state index contributed by atoms with van der Waals surface area (Å²) in [5, 5.41) is 2.22. The first kappa shape index (κ1) is 20.6. The number of carbonyl (C=O) groups is 4. The van der Waals surface area contributed by atoms with Crippen molar-refractivity contribution in [3.05, 3.63) is 34.9 Å². The number of carbonyl (C=O) groups excluding carboxylic acids is 4. The first-order valence-corrected chi connectivity index (χ1v) is 10.2. The minimum atomic E-state index is -0.961. The number of nitrogens with one attached hydrogen (secondary N) is 1. The lowest BCUT2D eigenvalue weighted by molar-refractivity contribution is -0.136. The van der Waals surface area contributed by atoms with Gasteiger partial charge in [-0.2, -0.15) is 0 Å². The van der Waals surface area contributed by atoms with Crippen molar-refractivity contribution in [3.8, 4) is 0 Å². The lowest BCUT2D eigenvalue weighted by Gasteiger charge is -2.38. The molecule has 2 saturated heterocycles. The van der Waals surface area contributed by atoms with Crippen LogP contribution in [-0.4, -0.2) is 71.8 Å². The molecule has 9 heteroatoms. The average molecular weight is 414 g/mol. The molecule has 160 valence electrons. The van der Waals surface area contributed by atoms with Crippen LogP contribution in [0.4, 0.5) is 0 Å². The number of likely N-dealkylation sites (tertiary alicyclic amines) is 1. The Balaban J connectivity index is 1.59. The van der Waals surface area contributed by atoms with E-state index in [4.69, 9.17) is 10.5 Å². The van der Waals surface area contributed by atoms with Gasteiger partial charge in [0.05, 0.1) is 17.2 Å². The number of fused-ring (bicyclic) bond motifs is 1. The fourth-order valence-corrected chi connectivity index (χ4v) is 4.67. The summed E-state index contributed by atoms with van der Waals surface area (Å²) in [5.41, 5.74) is 7.37. The summed E-state index contributed by atoms with van der Waals surface area (Å²) in [4.78, 5) is 53.1. The van der Waals surface area contributed by atoms with Crippen molar-refractivity contribution in [2.75, 3.05) is 20.2 Å². The van der Waals surface area contributed by atoms with Gasteiger partial charge in [0.2, 0.25) is 11.8 Å². The number of hydrogen-bond donors (Lipinski definition) is 2. The highest BCUT2D eigenvalue weighted by Gasteiger charge is 2.45. The van der Waals surface area contributed by atoms with Gasteiger partial charge in [-0.1, -0.05) is 12.1 Å². The minimum Gasteiger partial charge on any atom is -0.381 e. The van der Waals surface area contributed by atoms with Gasteiger partial charge in [-0.05, 0) is 30.9 Å². The van der Waals surface area contributed by atoms with Crippen LogP contribution in [0, 0.1) is 0 Å². The predicted molar refractivity (Wildman–Crippen MR) is 106 cm³/mol. The van der Waals surface area contributed by atoms with E-state index >= 15 is 0 Å². The van der Waals surface area contributed by atoms with E-state index in [1.54, 1.807) is 19.2 Å². The van der Waals surface area contributed by atoms with E-state index in [0.717, 1.165) is 29.8 Å². The van der Waals surface area contributed by atoms with Crippen LogP contribution in [0.1, 0.15) is 52.0 Å². The summed E-state index contributed by atoms with van der Waals surface area (Å²) < 4.78 is 5.48. The van der Waals surface area contributed by atoms with Crippen molar-refractivity contribution in [2.45, 2.75) is 50.4 Å². The number of methoxy groups -OCH3 is 1. The SMILES string of the molecule is CO[C@@H]1CCN(Cc2cccc3c2C(=O)N(C2CCC(=O)NC2=O)C3=O)[C@H](CN)C1. The van der Waals surface area contributed by atoms with Gasteiger partial charge in [0, 0.05) is 39.2 Å². The molecule has 0 aromatic heterocycles. The fourth-order valence-electron chi connectivity index (χ4n) is 4.67. The van der Waals surface area contributed by atoms with Crippen LogP contribution in [0.2, 0.25) is 0 Å². The van der Waals surface area contributed by atoms with Gasteiger partial charge in [-0.15, -0.1) is 0 Å². The monoisotopic (exact) mass is 414 g/mol. The Morgan fingerprint density at radius 3 is 2.67 bits per heavy atom. The molecule has 3 heterocycles. The second kappa shape index (κ2) is 8.25. The lowest BCUT2D eigenvalue weighted by Crippen LogP contribution is -2.54. The Bertz CT molecular complexity index is 901. The van der Waals surface area contributed by atoms with Crippen molar-refractivity contribution in [2.24, 2.45) is 5.73 Å². The summed E-state index contributed by atoms with van der Waals surface area (Å²) in [6.07, 6.45) is 2.10. The van der Waals surface area contributed by atoms with Crippen LogP contribution in [0.25, 0.3) is 0 Å². The van der Waals surface area contributed by atoms with Crippen LogP contribution < -0.4 is 11.1 Å². The zero-order chi connectivity index (χ0) is 21.4. The number of hydrogen-bond acceptors (Lipinski definition) is 7. The molecule has 4 amide bonds. The number of amides is 4. The molecule has 1 aromatic carbocycles. The lowest BCUT2D eigenvalue weighted by atomic mass is 9.96. The normalized spacial score (nSPS) is 27.4. The molecule has 9 nitrogen and oxygen atoms in total. The number of ether oxygens (including phenoxy) is 1. The quantitative estimate of drug-likeness (QED) is 0.652. The smallest absolute Gasteiger partial charge is 0.262 e. The maximum absolute atomic E-state index is 13.2. The Morgan fingerprint density at radius 1 is 1.17 bits per heavy atom. The highest BCUT2D eigenvalue weighted by Crippen LogP contribution is 2.31. The van der Waals surface area contributed by atoms with Gasteiger partial charge in [-0.3, -0.25) is 34.3 Å². The highest BCUT2D eigenvalue weighted by atomic mass is 16.5. The molecule has 0 bridgehead atoms. The van der Waals surface area contributed by atoms with Crippen LogP contribution >= 0.6 is 0 Å². The molecule has 3 N–H and O–H groups in total. The summed E-state index contributed by atoms with van der Waals surface area (Å²) in [5.74, 6) is -1.95. The van der Waals surface area contributed by atoms with Gasteiger partial charge >= 0.3 is 0 Å². The molecule has 3 aliphatic rings. The number of rotatable bonds is 5. The van der Waals surface area contributed by atoms with Crippen LogP contribution in [-0.2, 0) is 20.9 Å². The molecule has 0 radical (unpaired) electrons. The van der Waals surface area contributed by atoms with E-state index in [9.17, 15) is 19.2 Å². The van der Waals surface area contributed by atoms with E-state index in [2.05, 4.69) is 10.2 Å². The molecule has 0 spiro atoms. The molecule has 30 heavy (non-hydrogen) atoms. The Labute approximate surface area is 174 Å². The van der Waals surface area contributed by atoms with Crippen LogP contribution in [0.3, 0.4) is 0 Å². The molecule has 2 fully saturated rings. The highest BCUT2D eigenvalue weighted by molar-refractivity contribution is 6.24. The van der Waals surface area contributed by atoms with E-state index in [1.165, 1.54) is 0 Å².